The van der Waals surface area contributed by atoms with Crippen molar-refractivity contribution in [2.75, 3.05) is 14.2 Å². The number of methoxy groups -OCH3 is 2. The highest BCUT2D eigenvalue weighted by Crippen LogP contribution is 2.29. The summed E-state index contributed by atoms with van der Waals surface area (Å²) in [6.07, 6.45) is -1.72. The molecule has 0 aliphatic heterocycles. The number of hydrogen-bond donors (Lipinski definition) is 1. The molecule has 0 heterocycles. The molecule has 0 aromatic heterocycles. The van der Waals surface area contributed by atoms with Crippen LogP contribution in [0.4, 0.5) is 4.39 Å². The standard InChI is InChI=1S/C10H10ClFO4/c1-15-5-3-6(8(12)7(11)4-5)9(13)10(14)16-2/h3-4,9,13H,1-2H3. The van der Waals surface area contributed by atoms with Gasteiger partial charge in [-0.2, -0.15) is 0 Å². The molecule has 0 spiro atoms. The van der Waals surface area contributed by atoms with Crippen LogP contribution in [-0.4, -0.2) is 25.3 Å². The number of esters is 1. The van der Waals surface area contributed by atoms with Crippen molar-refractivity contribution >= 4 is 17.6 Å². The third-order valence-corrected chi connectivity index (χ3v) is 2.26. The minimum absolute atomic E-state index is 0.239. The minimum Gasteiger partial charge on any atom is -0.497 e. The molecule has 1 aromatic carbocycles. The second-order valence-corrected chi connectivity index (χ2v) is 3.35. The Bertz CT molecular complexity index is 408. The molecular weight excluding hydrogens is 239 g/mol. The fourth-order valence-corrected chi connectivity index (χ4v) is 1.36. The fourth-order valence-electron chi connectivity index (χ4n) is 1.14. The van der Waals surface area contributed by atoms with Crippen molar-refractivity contribution in [3.05, 3.63) is 28.5 Å². The third-order valence-electron chi connectivity index (χ3n) is 1.98. The first kappa shape index (κ1) is 12.7. The summed E-state index contributed by atoms with van der Waals surface area (Å²) < 4.78 is 22.6. The summed E-state index contributed by atoms with van der Waals surface area (Å²) in [5, 5.41) is 9.25. The zero-order valence-electron chi connectivity index (χ0n) is 8.66. The van der Waals surface area contributed by atoms with Crippen molar-refractivity contribution in [3.8, 4) is 5.75 Å². The largest absolute Gasteiger partial charge is 0.497 e. The SMILES string of the molecule is COC(=O)C(O)c1cc(OC)cc(Cl)c1F. The third kappa shape index (κ3) is 2.43. The van der Waals surface area contributed by atoms with Gasteiger partial charge in [-0.3, -0.25) is 0 Å². The van der Waals surface area contributed by atoms with Crippen LogP contribution in [-0.2, 0) is 9.53 Å². The van der Waals surface area contributed by atoms with Crippen LogP contribution >= 0.6 is 11.6 Å². The van der Waals surface area contributed by atoms with E-state index < -0.39 is 17.9 Å². The van der Waals surface area contributed by atoms with E-state index in [1.54, 1.807) is 0 Å². The van der Waals surface area contributed by atoms with Gasteiger partial charge in [-0.25, -0.2) is 9.18 Å². The van der Waals surface area contributed by atoms with Crippen LogP contribution in [0.2, 0.25) is 5.02 Å². The Morgan fingerprint density at radius 2 is 2.12 bits per heavy atom. The summed E-state index contributed by atoms with van der Waals surface area (Å²) in [5.74, 6) is -1.60. The second kappa shape index (κ2) is 5.14. The summed E-state index contributed by atoms with van der Waals surface area (Å²) in [4.78, 5) is 11.1. The Morgan fingerprint density at radius 3 is 2.62 bits per heavy atom. The van der Waals surface area contributed by atoms with Crippen molar-refractivity contribution in [1.82, 2.24) is 0 Å². The van der Waals surface area contributed by atoms with E-state index in [2.05, 4.69) is 4.74 Å². The lowest BCUT2D eigenvalue weighted by molar-refractivity contribution is -0.150. The molecular formula is C10H10ClFO4. The molecule has 0 amide bonds. The second-order valence-electron chi connectivity index (χ2n) is 2.94. The number of rotatable bonds is 3. The molecule has 0 bridgehead atoms. The molecule has 1 aromatic rings. The van der Waals surface area contributed by atoms with Crippen LogP contribution in [0.1, 0.15) is 11.7 Å². The maximum Gasteiger partial charge on any atom is 0.339 e. The van der Waals surface area contributed by atoms with Crippen LogP contribution in [0.25, 0.3) is 0 Å². The van der Waals surface area contributed by atoms with Crippen molar-refractivity contribution < 1.29 is 23.8 Å². The molecule has 16 heavy (non-hydrogen) atoms. The van der Waals surface area contributed by atoms with E-state index in [1.807, 2.05) is 0 Å². The molecule has 1 unspecified atom stereocenters. The first-order valence-corrected chi connectivity index (χ1v) is 4.68. The fraction of sp³-hybridized carbons (Fsp3) is 0.300. The van der Waals surface area contributed by atoms with Crippen molar-refractivity contribution in [3.63, 3.8) is 0 Å². The highest BCUT2D eigenvalue weighted by molar-refractivity contribution is 6.31. The van der Waals surface area contributed by atoms with Gasteiger partial charge in [-0.05, 0) is 6.07 Å². The van der Waals surface area contributed by atoms with Gasteiger partial charge in [-0.1, -0.05) is 11.6 Å². The number of halogens is 2. The Kier molecular flexibility index (Phi) is 4.09. The first-order valence-electron chi connectivity index (χ1n) is 4.30. The van der Waals surface area contributed by atoms with Crippen LogP contribution < -0.4 is 4.74 Å². The number of carbonyl (C=O) groups is 1. The van der Waals surface area contributed by atoms with Crippen LogP contribution in [0.15, 0.2) is 12.1 Å². The molecule has 0 aliphatic carbocycles. The van der Waals surface area contributed by atoms with Crippen LogP contribution in [0.5, 0.6) is 5.75 Å². The first-order chi connectivity index (χ1) is 7.51. The number of benzene rings is 1. The summed E-state index contributed by atoms with van der Waals surface area (Å²) in [7, 11) is 2.45. The van der Waals surface area contributed by atoms with Gasteiger partial charge in [-0.15, -0.1) is 0 Å². The molecule has 0 radical (unpaired) electrons. The molecule has 1 N–H and O–H groups in total. The van der Waals surface area contributed by atoms with Gasteiger partial charge < -0.3 is 14.6 Å². The molecule has 6 heteroatoms. The van der Waals surface area contributed by atoms with Crippen molar-refractivity contribution in [2.45, 2.75) is 6.10 Å². The summed E-state index contributed by atoms with van der Waals surface area (Å²) in [5.41, 5.74) is -0.281. The minimum atomic E-state index is -1.72. The van der Waals surface area contributed by atoms with Crippen LogP contribution in [0, 0.1) is 5.82 Å². The average Bonchev–Trinajstić information content (AvgIpc) is 2.30. The predicted molar refractivity (Wildman–Crippen MR) is 54.9 cm³/mol. The lowest BCUT2D eigenvalue weighted by Crippen LogP contribution is -2.15. The molecule has 4 nitrogen and oxygen atoms in total. The summed E-state index contributed by atoms with van der Waals surface area (Å²) in [6.45, 7) is 0. The molecule has 0 saturated heterocycles. The number of hydrogen-bond acceptors (Lipinski definition) is 4. The molecule has 0 fully saturated rings. The number of aliphatic hydroxyl groups excluding tert-OH is 1. The zero-order valence-corrected chi connectivity index (χ0v) is 9.42. The monoisotopic (exact) mass is 248 g/mol. The van der Waals surface area contributed by atoms with Gasteiger partial charge in [0.1, 0.15) is 11.6 Å². The quantitative estimate of drug-likeness (QED) is 0.827. The summed E-state index contributed by atoms with van der Waals surface area (Å²) >= 11 is 5.57. The van der Waals surface area contributed by atoms with E-state index in [1.165, 1.54) is 19.2 Å². The number of carbonyl (C=O) groups excluding carboxylic acids is 1. The molecule has 1 atom stereocenters. The maximum absolute atomic E-state index is 13.5. The van der Waals surface area contributed by atoms with E-state index in [0.717, 1.165) is 7.11 Å². The maximum atomic E-state index is 13.5. The molecule has 0 saturated carbocycles. The Morgan fingerprint density at radius 1 is 1.50 bits per heavy atom. The molecule has 0 aliphatic rings. The van der Waals surface area contributed by atoms with Crippen molar-refractivity contribution in [2.24, 2.45) is 0 Å². The summed E-state index contributed by atoms with van der Waals surface area (Å²) in [6, 6.07) is 2.42. The van der Waals surface area contributed by atoms with Gasteiger partial charge in [0, 0.05) is 11.6 Å². The highest BCUT2D eigenvalue weighted by atomic mass is 35.5. The van der Waals surface area contributed by atoms with Gasteiger partial charge >= 0.3 is 5.97 Å². The van der Waals surface area contributed by atoms with Gasteiger partial charge in [0.2, 0.25) is 0 Å². The van der Waals surface area contributed by atoms with Crippen molar-refractivity contribution in [1.29, 1.82) is 0 Å². The van der Waals surface area contributed by atoms with Gasteiger partial charge in [0.15, 0.2) is 6.10 Å². The zero-order chi connectivity index (χ0) is 12.3. The van der Waals surface area contributed by atoms with Gasteiger partial charge in [0.05, 0.1) is 19.2 Å². The lowest BCUT2D eigenvalue weighted by atomic mass is 10.1. The Labute approximate surface area is 96.5 Å². The molecule has 1 rings (SSSR count). The van der Waals surface area contributed by atoms with E-state index in [0.29, 0.717) is 0 Å². The number of ether oxygens (including phenoxy) is 2. The van der Waals surface area contributed by atoms with Crippen LogP contribution in [0.3, 0.4) is 0 Å². The Hall–Kier alpha value is -1.33. The highest BCUT2D eigenvalue weighted by Gasteiger charge is 2.24. The van der Waals surface area contributed by atoms with E-state index in [9.17, 15) is 14.3 Å². The van der Waals surface area contributed by atoms with E-state index in [4.69, 9.17) is 16.3 Å². The van der Waals surface area contributed by atoms with E-state index in [-0.39, 0.29) is 16.3 Å². The molecule has 88 valence electrons. The lowest BCUT2D eigenvalue weighted by Gasteiger charge is -2.12. The van der Waals surface area contributed by atoms with Gasteiger partial charge in [0.25, 0.3) is 0 Å². The van der Waals surface area contributed by atoms with E-state index >= 15 is 0 Å². The number of aliphatic hydroxyl groups is 1. The average molecular weight is 249 g/mol. The smallest absolute Gasteiger partial charge is 0.339 e. The predicted octanol–water partition coefficient (Wildman–Crippen LogP) is 1.69. The normalized spacial score (nSPS) is 12.1. The topological polar surface area (TPSA) is 55.8 Å². The Balaban J connectivity index is 3.21.